The molecule has 0 aromatic carbocycles. The van der Waals surface area contributed by atoms with Crippen LogP contribution in [0.3, 0.4) is 0 Å². The number of nitrogen functional groups attached to an aromatic ring is 1. The number of primary amides is 1. The minimum absolute atomic E-state index is 0.163. The van der Waals surface area contributed by atoms with E-state index in [1.165, 1.54) is 0 Å². The second kappa shape index (κ2) is 3.79. The molecule has 1 aliphatic carbocycles. The van der Waals surface area contributed by atoms with Crippen LogP contribution in [0.25, 0.3) is 0 Å². The molecule has 2 rings (SSSR count). The van der Waals surface area contributed by atoms with Crippen molar-refractivity contribution >= 4 is 28.2 Å². The normalized spacial score (nSPS) is 14.8. The standard InChI is InChI=1S/C10H13N3O2S/c1-4-6(8(11)14)9(12)16-7(4)10(15)13-5-2-3-5/h5H,2-3,12H2,1H3,(H2,11,14)(H,13,15). The first-order valence-corrected chi connectivity index (χ1v) is 5.82. The van der Waals surface area contributed by atoms with Crippen LogP contribution >= 0.6 is 11.3 Å². The lowest BCUT2D eigenvalue weighted by molar-refractivity contribution is 0.0954. The number of carbonyl (C=O) groups excluding carboxylic acids is 2. The fourth-order valence-corrected chi connectivity index (χ4v) is 2.52. The Morgan fingerprint density at radius 3 is 2.50 bits per heavy atom. The highest BCUT2D eigenvalue weighted by Crippen LogP contribution is 2.30. The molecule has 86 valence electrons. The number of rotatable bonds is 3. The van der Waals surface area contributed by atoms with Crippen LogP contribution < -0.4 is 16.8 Å². The summed E-state index contributed by atoms with van der Waals surface area (Å²) in [7, 11) is 0. The predicted molar refractivity (Wildman–Crippen MR) is 62.5 cm³/mol. The van der Waals surface area contributed by atoms with Gasteiger partial charge in [-0.1, -0.05) is 0 Å². The number of nitrogens with one attached hydrogen (secondary N) is 1. The number of carbonyl (C=O) groups is 2. The fourth-order valence-electron chi connectivity index (χ4n) is 1.54. The van der Waals surface area contributed by atoms with Gasteiger partial charge >= 0.3 is 0 Å². The van der Waals surface area contributed by atoms with Crippen molar-refractivity contribution in [3.63, 3.8) is 0 Å². The maximum atomic E-state index is 11.8. The van der Waals surface area contributed by atoms with Crippen LogP contribution in [-0.2, 0) is 0 Å². The molecule has 2 amide bonds. The van der Waals surface area contributed by atoms with E-state index in [2.05, 4.69) is 5.32 Å². The molecule has 1 saturated carbocycles. The van der Waals surface area contributed by atoms with E-state index >= 15 is 0 Å². The summed E-state index contributed by atoms with van der Waals surface area (Å²) in [6, 6.07) is 0.284. The first-order chi connectivity index (χ1) is 7.50. The summed E-state index contributed by atoms with van der Waals surface area (Å²) in [6.07, 6.45) is 2.04. The van der Waals surface area contributed by atoms with Crippen LogP contribution in [0, 0.1) is 6.92 Å². The van der Waals surface area contributed by atoms with Gasteiger partial charge in [-0.2, -0.15) is 0 Å². The van der Waals surface area contributed by atoms with Crippen molar-refractivity contribution in [3.8, 4) is 0 Å². The Morgan fingerprint density at radius 1 is 1.44 bits per heavy atom. The molecule has 6 heteroatoms. The van der Waals surface area contributed by atoms with Crippen LogP contribution in [0.5, 0.6) is 0 Å². The van der Waals surface area contributed by atoms with E-state index in [0.29, 0.717) is 15.4 Å². The molecule has 1 aromatic heterocycles. The molecule has 5 nitrogen and oxygen atoms in total. The number of nitrogens with two attached hydrogens (primary N) is 2. The summed E-state index contributed by atoms with van der Waals surface area (Å²) in [5, 5.41) is 3.17. The van der Waals surface area contributed by atoms with E-state index < -0.39 is 5.91 Å². The molecule has 0 bridgehead atoms. The minimum atomic E-state index is -0.586. The lowest BCUT2D eigenvalue weighted by atomic mass is 10.1. The zero-order chi connectivity index (χ0) is 11.9. The maximum Gasteiger partial charge on any atom is 0.261 e. The number of hydrogen-bond acceptors (Lipinski definition) is 4. The molecule has 1 fully saturated rings. The molecule has 0 spiro atoms. The third kappa shape index (κ3) is 1.88. The Hall–Kier alpha value is -1.56. The van der Waals surface area contributed by atoms with Crippen molar-refractivity contribution in [1.29, 1.82) is 0 Å². The zero-order valence-corrected chi connectivity index (χ0v) is 9.69. The molecule has 0 saturated heterocycles. The third-order valence-electron chi connectivity index (χ3n) is 2.54. The van der Waals surface area contributed by atoms with E-state index in [9.17, 15) is 9.59 Å². The van der Waals surface area contributed by atoms with E-state index in [1.54, 1.807) is 6.92 Å². The Balaban J connectivity index is 2.30. The van der Waals surface area contributed by atoms with Gasteiger partial charge in [-0.15, -0.1) is 11.3 Å². The Kier molecular flexibility index (Phi) is 2.59. The number of hydrogen-bond donors (Lipinski definition) is 3. The lowest BCUT2D eigenvalue weighted by Crippen LogP contribution is -2.25. The Morgan fingerprint density at radius 2 is 2.06 bits per heavy atom. The number of thiophene rings is 1. The molecule has 1 heterocycles. The molecular weight excluding hydrogens is 226 g/mol. The third-order valence-corrected chi connectivity index (χ3v) is 3.66. The fraction of sp³-hybridized carbons (Fsp3) is 0.400. The van der Waals surface area contributed by atoms with Gasteiger partial charge in [0, 0.05) is 6.04 Å². The maximum absolute atomic E-state index is 11.8. The van der Waals surface area contributed by atoms with Gasteiger partial charge < -0.3 is 16.8 Å². The number of amides is 2. The van der Waals surface area contributed by atoms with Crippen LogP contribution in [-0.4, -0.2) is 17.9 Å². The summed E-state index contributed by atoms with van der Waals surface area (Å²) in [5.41, 5.74) is 11.7. The molecule has 0 aliphatic heterocycles. The van der Waals surface area contributed by atoms with Crippen LogP contribution in [0.2, 0.25) is 0 Å². The van der Waals surface area contributed by atoms with Gasteiger partial charge in [-0.05, 0) is 25.3 Å². The molecule has 0 radical (unpaired) electrons. The Labute approximate surface area is 96.8 Å². The first-order valence-electron chi connectivity index (χ1n) is 5.00. The largest absolute Gasteiger partial charge is 0.390 e. The quantitative estimate of drug-likeness (QED) is 0.721. The van der Waals surface area contributed by atoms with Crippen molar-refractivity contribution in [2.45, 2.75) is 25.8 Å². The second-order valence-corrected chi connectivity index (χ2v) is 4.96. The first kappa shape index (κ1) is 10.9. The summed E-state index contributed by atoms with van der Waals surface area (Å²) >= 11 is 1.11. The molecule has 1 aromatic rings. The van der Waals surface area contributed by atoms with E-state index in [4.69, 9.17) is 11.5 Å². The van der Waals surface area contributed by atoms with Crippen LogP contribution in [0.1, 0.15) is 38.4 Å². The molecule has 1 aliphatic rings. The highest BCUT2D eigenvalue weighted by Gasteiger charge is 2.27. The van der Waals surface area contributed by atoms with E-state index in [0.717, 1.165) is 24.2 Å². The van der Waals surface area contributed by atoms with Crippen molar-refractivity contribution in [3.05, 3.63) is 16.0 Å². The zero-order valence-electron chi connectivity index (χ0n) is 8.87. The van der Waals surface area contributed by atoms with Gasteiger partial charge in [0.15, 0.2) is 0 Å². The minimum Gasteiger partial charge on any atom is -0.390 e. The van der Waals surface area contributed by atoms with Crippen molar-refractivity contribution < 1.29 is 9.59 Å². The summed E-state index contributed by atoms with van der Waals surface area (Å²) < 4.78 is 0. The topological polar surface area (TPSA) is 98.2 Å². The van der Waals surface area contributed by atoms with Crippen molar-refractivity contribution in [2.24, 2.45) is 5.73 Å². The molecule has 0 atom stereocenters. The van der Waals surface area contributed by atoms with Crippen molar-refractivity contribution in [1.82, 2.24) is 5.32 Å². The van der Waals surface area contributed by atoms with Gasteiger partial charge in [0.2, 0.25) is 0 Å². The van der Waals surface area contributed by atoms with E-state index in [-0.39, 0.29) is 17.5 Å². The molecule has 0 unspecified atom stereocenters. The predicted octanol–water partition coefficient (Wildman–Crippen LogP) is 0.630. The average Bonchev–Trinajstić information content (AvgIpc) is 2.91. The van der Waals surface area contributed by atoms with Gasteiger partial charge in [0.25, 0.3) is 11.8 Å². The highest BCUT2D eigenvalue weighted by molar-refractivity contribution is 7.18. The highest BCUT2D eigenvalue weighted by atomic mass is 32.1. The van der Waals surface area contributed by atoms with Gasteiger partial charge in [0.1, 0.15) is 0 Å². The van der Waals surface area contributed by atoms with Crippen molar-refractivity contribution in [2.75, 3.05) is 5.73 Å². The number of anilines is 1. The smallest absolute Gasteiger partial charge is 0.261 e. The van der Waals surface area contributed by atoms with Crippen LogP contribution in [0.15, 0.2) is 0 Å². The van der Waals surface area contributed by atoms with E-state index in [1.807, 2.05) is 0 Å². The van der Waals surface area contributed by atoms with Gasteiger partial charge in [-0.25, -0.2) is 0 Å². The van der Waals surface area contributed by atoms with Crippen LogP contribution in [0.4, 0.5) is 5.00 Å². The molecule has 5 N–H and O–H groups in total. The summed E-state index contributed by atoms with van der Waals surface area (Å²) in [5.74, 6) is -0.749. The lowest BCUT2D eigenvalue weighted by Gasteiger charge is -2.01. The van der Waals surface area contributed by atoms with Gasteiger partial charge in [-0.3, -0.25) is 9.59 Å². The molecule has 16 heavy (non-hydrogen) atoms. The Bertz CT molecular complexity index is 463. The monoisotopic (exact) mass is 239 g/mol. The van der Waals surface area contributed by atoms with Gasteiger partial charge in [0.05, 0.1) is 15.4 Å². The average molecular weight is 239 g/mol. The molecular formula is C10H13N3O2S. The summed E-state index contributed by atoms with van der Waals surface area (Å²) in [4.78, 5) is 23.4. The summed E-state index contributed by atoms with van der Waals surface area (Å²) in [6.45, 7) is 1.69. The second-order valence-electron chi connectivity index (χ2n) is 3.91. The SMILES string of the molecule is Cc1c(C(=O)NC2CC2)sc(N)c1C(N)=O.